The van der Waals surface area contributed by atoms with Gasteiger partial charge in [0, 0.05) is 5.02 Å². The van der Waals surface area contributed by atoms with Crippen LogP contribution in [0.2, 0.25) is 10.0 Å². The Kier molecular flexibility index (Phi) is 7.25. The van der Waals surface area contributed by atoms with Gasteiger partial charge in [0.05, 0.1) is 29.9 Å². The van der Waals surface area contributed by atoms with Crippen molar-refractivity contribution in [1.82, 2.24) is 5.32 Å². The van der Waals surface area contributed by atoms with Gasteiger partial charge < -0.3 is 15.4 Å². The van der Waals surface area contributed by atoms with Gasteiger partial charge in [-0.25, -0.2) is 4.79 Å². The van der Waals surface area contributed by atoms with Crippen molar-refractivity contribution in [2.75, 3.05) is 25.5 Å². The molecule has 0 saturated heterocycles. The Bertz CT molecular complexity index is 748. The summed E-state index contributed by atoms with van der Waals surface area (Å²) < 4.78 is 4.65. The third-order valence-corrected chi connectivity index (χ3v) is 4.03. The van der Waals surface area contributed by atoms with Crippen LogP contribution in [0.25, 0.3) is 0 Å². The van der Waals surface area contributed by atoms with Crippen LogP contribution in [0.1, 0.15) is 15.9 Å². The largest absolute Gasteiger partial charge is 0.465 e. The lowest BCUT2D eigenvalue weighted by Gasteiger charge is -2.10. The van der Waals surface area contributed by atoms with E-state index in [2.05, 4.69) is 15.4 Å². The minimum Gasteiger partial charge on any atom is -0.465 e. The molecule has 0 radical (unpaired) electrons. The summed E-state index contributed by atoms with van der Waals surface area (Å²) >= 11 is 11.9. The van der Waals surface area contributed by atoms with Crippen LogP contribution in [0.5, 0.6) is 0 Å². The molecule has 0 bridgehead atoms. The highest BCUT2D eigenvalue weighted by Crippen LogP contribution is 2.23. The average Bonchev–Trinajstić information content (AvgIpc) is 2.61. The van der Waals surface area contributed by atoms with Gasteiger partial charge in [-0.15, -0.1) is 0 Å². The van der Waals surface area contributed by atoms with E-state index in [4.69, 9.17) is 23.2 Å². The van der Waals surface area contributed by atoms with Crippen molar-refractivity contribution in [2.45, 2.75) is 6.42 Å². The molecule has 2 rings (SSSR count). The zero-order valence-corrected chi connectivity index (χ0v) is 15.2. The van der Waals surface area contributed by atoms with Gasteiger partial charge in [0.1, 0.15) is 0 Å². The molecule has 2 aromatic carbocycles. The summed E-state index contributed by atoms with van der Waals surface area (Å²) in [6.07, 6.45) is 0.781. The highest BCUT2D eigenvalue weighted by molar-refractivity contribution is 6.34. The number of carbonyl (C=O) groups excluding carboxylic acids is 2. The number of methoxy groups -OCH3 is 1. The van der Waals surface area contributed by atoms with Gasteiger partial charge in [0.25, 0.3) is 0 Å². The fourth-order valence-electron chi connectivity index (χ4n) is 2.15. The number of carbonyl (C=O) groups is 2. The molecule has 0 atom stereocenters. The van der Waals surface area contributed by atoms with Gasteiger partial charge >= 0.3 is 5.97 Å². The van der Waals surface area contributed by atoms with E-state index in [0.29, 0.717) is 27.8 Å². The van der Waals surface area contributed by atoms with Crippen molar-refractivity contribution in [3.63, 3.8) is 0 Å². The number of ether oxygens (including phenoxy) is 1. The second-order valence-electron chi connectivity index (χ2n) is 5.29. The second kappa shape index (κ2) is 9.42. The first-order valence-electron chi connectivity index (χ1n) is 7.62. The van der Waals surface area contributed by atoms with Gasteiger partial charge in [-0.05, 0) is 48.9 Å². The predicted molar refractivity (Wildman–Crippen MR) is 99.4 cm³/mol. The Hall–Kier alpha value is -2.08. The highest BCUT2D eigenvalue weighted by Gasteiger charge is 2.11. The SMILES string of the molecule is COC(=O)c1ccc(Cl)c(NC(=O)CNCCc2ccc(Cl)cc2)c1. The molecule has 132 valence electrons. The summed E-state index contributed by atoms with van der Waals surface area (Å²) in [6, 6.07) is 12.1. The van der Waals surface area contributed by atoms with Crippen molar-refractivity contribution >= 4 is 40.8 Å². The first-order chi connectivity index (χ1) is 12.0. The van der Waals surface area contributed by atoms with E-state index in [9.17, 15) is 9.59 Å². The van der Waals surface area contributed by atoms with Crippen LogP contribution in [-0.2, 0) is 16.0 Å². The third-order valence-electron chi connectivity index (χ3n) is 3.45. The molecule has 0 spiro atoms. The summed E-state index contributed by atoms with van der Waals surface area (Å²) in [7, 11) is 1.29. The van der Waals surface area contributed by atoms with Crippen molar-refractivity contribution in [3.05, 3.63) is 63.6 Å². The molecule has 0 saturated carbocycles. The fraction of sp³-hybridized carbons (Fsp3) is 0.222. The van der Waals surface area contributed by atoms with E-state index in [1.54, 1.807) is 0 Å². The molecule has 7 heteroatoms. The van der Waals surface area contributed by atoms with Crippen molar-refractivity contribution in [1.29, 1.82) is 0 Å². The third kappa shape index (κ3) is 6.05. The number of hydrogen-bond donors (Lipinski definition) is 2. The normalized spacial score (nSPS) is 10.4. The molecule has 0 aliphatic rings. The molecule has 2 N–H and O–H groups in total. The maximum absolute atomic E-state index is 12.0. The van der Waals surface area contributed by atoms with Crippen molar-refractivity contribution in [2.24, 2.45) is 0 Å². The summed E-state index contributed by atoms with van der Waals surface area (Å²) in [5.74, 6) is -0.742. The zero-order valence-electron chi connectivity index (χ0n) is 13.6. The molecule has 0 aliphatic heterocycles. The van der Waals surface area contributed by atoms with E-state index in [1.807, 2.05) is 24.3 Å². The number of esters is 1. The maximum atomic E-state index is 12.0. The zero-order chi connectivity index (χ0) is 18.2. The molecule has 0 unspecified atom stereocenters. The molecule has 25 heavy (non-hydrogen) atoms. The number of nitrogens with one attached hydrogen (secondary N) is 2. The Morgan fingerprint density at radius 2 is 1.80 bits per heavy atom. The van der Waals surface area contributed by atoms with Crippen molar-refractivity contribution < 1.29 is 14.3 Å². The summed E-state index contributed by atoms with van der Waals surface area (Å²) in [5, 5.41) is 6.78. The highest BCUT2D eigenvalue weighted by atomic mass is 35.5. The average molecular weight is 381 g/mol. The number of hydrogen-bond acceptors (Lipinski definition) is 4. The second-order valence-corrected chi connectivity index (χ2v) is 6.13. The van der Waals surface area contributed by atoms with Gasteiger partial charge in [-0.2, -0.15) is 0 Å². The topological polar surface area (TPSA) is 67.4 Å². The number of halogens is 2. The van der Waals surface area contributed by atoms with Gasteiger partial charge in [0.2, 0.25) is 5.91 Å². The molecule has 1 amide bonds. The molecule has 0 fully saturated rings. The number of amides is 1. The lowest BCUT2D eigenvalue weighted by molar-refractivity contribution is -0.115. The van der Waals surface area contributed by atoms with Crippen LogP contribution in [-0.4, -0.2) is 32.1 Å². The van der Waals surface area contributed by atoms with Crippen molar-refractivity contribution in [3.8, 4) is 0 Å². The lowest BCUT2D eigenvalue weighted by atomic mass is 10.1. The monoisotopic (exact) mass is 380 g/mol. The van der Waals surface area contributed by atoms with Crippen LogP contribution in [0.3, 0.4) is 0 Å². The minimum absolute atomic E-state index is 0.131. The van der Waals surface area contributed by atoms with E-state index in [0.717, 1.165) is 12.0 Å². The first-order valence-corrected chi connectivity index (χ1v) is 8.38. The Morgan fingerprint density at radius 3 is 2.48 bits per heavy atom. The van der Waals surface area contributed by atoms with Gasteiger partial charge in [0.15, 0.2) is 0 Å². The van der Waals surface area contributed by atoms with Crippen LogP contribution < -0.4 is 10.6 Å². The van der Waals surface area contributed by atoms with Crippen LogP contribution in [0.4, 0.5) is 5.69 Å². The quantitative estimate of drug-likeness (QED) is 0.569. The molecule has 5 nitrogen and oxygen atoms in total. The molecular weight excluding hydrogens is 363 g/mol. The predicted octanol–water partition coefficient (Wildman–Crippen LogP) is 3.55. The van der Waals surface area contributed by atoms with Gasteiger partial charge in [-0.3, -0.25) is 4.79 Å². The lowest BCUT2D eigenvalue weighted by Crippen LogP contribution is -2.29. The van der Waals surface area contributed by atoms with Crippen LogP contribution in [0.15, 0.2) is 42.5 Å². The van der Waals surface area contributed by atoms with E-state index < -0.39 is 5.97 Å². The van der Waals surface area contributed by atoms with E-state index in [1.165, 1.54) is 25.3 Å². The number of anilines is 1. The molecule has 0 aliphatic carbocycles. The standard InChI is InChI=1S/C18H18Cl2N2O3/c1-25-18(24)13-4-7-15(20)16(10-13)22-17(23)11-21-9-8-12-2-5-14(19)6-3-12/h2-7,10,21H,8-9,11H2,1H3,(H,22,23). The smallest absolute Gasteiger partial charge is 0.337 e. The number of rotatable bonds is 7. The van der Waals surface area contributed by atoms with E-state index >= 15 is 0 Å². The van der Waals surface area contributed by atoms with E-state index in [-0.39, 0.29) is 12.5 Å². The first kappa shape index (κ1) is 19.2. The minimum atomic E-state index is -0.492. The summed E-state index contributed by atoms with van der Waals surface area (Å²) in [4.78, 5) is 23.5. The Balaban J connectivity index is 1.81. The molecular formula is C18H18Cl2N2O3. The number of benzene rings is 2. The fourth-order valence-corrected chi connectivity index (χ4v) is 2.44. The van der Waals surface area contributed by atoms with Gasteiger partial charge in [-0.1, -0.05) is 35.3 Å². The molecule has 0 aromatic heterocycles. The summed E-state index contributed by atoms with van der Waals surface area (Å²) in [5.41, 5.74) is 1.82. The Labute approximate surface area is 156 Å². The van der Waals surface area contributed by atoms with Crippen LogP contribution >= 0.6 is 23.2 Å². The molecule has 2 aromatic rings. The molecule has 0 heterocycles. The summed E-state index contributed by atoms with van der Waals surface area (Å²) in [6.45, 7) is 0.775. The Morgan fingerprint density at radius 1 is 1.08 bits per heavy atom. The van der Waals surface area contributed by atoms with Crippen LogP contribution in [0, 0.1) is 0 Å². The maximum Gasteiger partial charge on any atom is 0.337 e.